The van der Waals surface area contributed by atoms with Crippen LogP contribution in [0.1, 0.15) is 82.2 Å². The van der Waals surface area contributed by atoms with Gasteiger partial charge in [0.15, 0.2) is 12.1 Å². The maximum absolute atomic E-state index is 13.7. The number of phenolic OH excluding ortho intramolecular Hbond substituents is 2. The number of aliphatic hydroxyl groups excluding tert-OH is 2. The van der Waals surface area contributed by atoms with Crippen LogP contribution in [0.5, 0.6) is 17.2 Å². The lowest BCUT2D eigenvalue weighted by Crippen LogP contribution is -2.45. The Morgan fingerprint density at radius 1 is 1.08 bits per heavy atom. The van der Waals surface area contributed by atoms with E-state index in [2.05, 4.69) is 0 Å². The Hall–Kier alpha value is -3.02. The summed E-state index contributed by atoms with van der Waals surface area (Å²) in [5.41, 5.74) is -2.07. The topological polar surface area (TPSA) is 163 Å². The molecule has 2 aromatic rings. The molecule has 5 rings (SSSR count). The number of methoxy groups -OCH3 is 1. The molecule has 6 atom stereocenters. The van der Waals surface area contributed by atoms with Crippen LogP contribution in [0.25, 0.3) is 0 Å². The highest BCUT2D eigenvalue weighted by molar-refractivity contribution is 6.31. The van der Waals surface area contributed by atoms with Gasteiger partial charge in [-0.2, -0.15) is 0 Å². The Balaban J connectivity index is 1.66. The number of phenols is 2. The largest absolute Gasteiger partial charge is 0.507 e. The van der Waals surface area contributed by atoms with Crippen LogP contribution in [-0.4, -0.2) is 74.9 Å². The first-order chi connectivity index (χ1) is 18.0. The van der Waals surface area contributed by atoms with E-state index in [4.69, 9.17) is 14.2 Å². The quantitative estimate of drug-likeness (QED) is 0.310. The zero-order chi connectivity index (χ0) is 27.5. The van der Waals surface area contributed by atoms with Crippen molar-refractivity contribution in [3.05, 3.63) is 51.6 Å². The van der Waals surface area contributed by atoms with Gasteiger partial charge in [-0.15, -0.1) is 0 Å². The van der Waals surface area contributed by atoms with E-state index in [0.717, 1.165) is 0 Å². The molecule has 0 aromatic heterocycles. The highest BCUT2D eigenvalue weighted by atomic mass is 16.7. The molecule has 1 heterocycles. The summed E-state index contributed by atoms with van der Waals surface area (Å²) < 4.78 is 17.4. The van der Waals surface area contributed by atoms with E-state index in [0.29, 0.717) is 6.42 Å². The smallest absolute Gasteiger partial charge is 0.202 e. The van der Waals surface area contributed by atoms with Crippen LogP contribution in [0.2, 0.25) is 0 Å². The standard InChI is InChI=1S/C28H32O10/c1-12-9-18(37-13(2)23(12)30)38-17-11-28(35,7-8-29)10-15-20(17)27(34)22-21(25(15)32)24(31)14-5-4-6-16(36-3)19(14)26(22)33/h4-6,12-13,17-18,23,29-30,32,34-35H,7-11H2,1-3H3. The van der Waals surface area contributed by atoms with Crippen LogP contribution in [0, 0.1) is 5.92 Å². The second-order valence-electron chi connectivity index (χ2n) is 10.6. The van der Waals surface area contributed by atoms with Crippen molar-refractivity contribution in [3.8, 4) is 17.2 Å². The fourth-order valence-electron chi connectivity index (χ4n) is 6.06. The number of carbonyl (C=O) groups is 2. The molecule has 10 nitrogen and oxygen atoms in total. The molecule has 10 heteroatoms. The molecule has 3 aliphatic rings. The number of ether oxygens (including phenoxy) is 3. The van der Waals surface area contributed by atoms with E-state index in [1.807, 2.05) is 6.92 Å². The van der Waals surface area contributed by atoms with E-state index < -0.39 is 53.3 Å². The highest BCUT2D eigenvalue weighted by Crippen LogP contribution is 2.53. The molecular weight excluding hydrogens is 496 g/mol. The summed E-state index contributed by atoms with van der Waals surface area (Å²) in [5.74, 6) is -2.38. The van der Waals surface area contributed by atoms with Gasteiger partial charge in [0.1, 0.15) is 17.2 Å². The minimum absolute atomic E-state index is 0.0144. The Morgan fingerprint density at radius 3 is 2.45 bits per heavy atom. The number of aromatic hydroxyl groups is 2. The van der Waals surface area contributed by atoms with Crippen molar-refractivity contribution < 1.29 is 49.3 Å². The monoisotopic (exact) mass is 528 g/mol. The SMILES string of the molecule is COc1cccc2c1C(=O)c1c(O)c3c(c(O)c1C2=O)CC(O)(CCO)CC3OC1CC(C)C(O)C(C)O1. The number of hydrogen-bond donors (Lipinski definition) is 5. The van der Waals surface area contributed by atoms with Gasteiger partial charge in [-0.05, 0) is 25.3 Å². The predicted molar refractivity (Wildman–Crippen MR) is 133 cm³/mol. The fraction of sp³-hybridized carbons (Fsp3) is 0.500. The van der Waals surface area contributed by atoms with E-state index >= 15 is 0 Å². The molecular formula is C28H32O10. The number of rotatable bonds is 5. The summed E-state index contributed by atoms with van der Waals surface area (Å²) >= 11 is 0. The molecule has 2 aromatic carbocycles. The van der Waals surface area contributed by atoms with Crippen molar-refractivity contribution in [1.29, 1.82) is 0 Å². The molecule has 0 saturated carbocycles. The molecule has 38 heavy (non-hydrogen) atoms. The van der Waals surface area contributed by atoms with E-state index in [-0.39, 0.29) is 70.9 Å². The molecule has 5 N–H and O–H groups in total. The van der Waals surface area contributed by atoms with Gasteiger partial charge in [0.05, 0.1) is 47.7 Å². The average Bonchev–Trinajstić information content (AvgIpc) is 2.87. The molecule has 1 fully saturated rings. The van der Waals surface area contributed by atoms with Crippen LogP contribution in [0.4, 0.5) is 0 Å². The molecule has 0 radical (unpaired) electrons. The number of benzene rings is 2. The summed E-state index contributed by atoms with van der Waals surface area (Å²) in [6, 6.07) is 4.53. The minimum Gasteiger partial charge on any atom is -0.507 e. The third kappa shape index (κ3) is 4.07. The third-order valence-electron chi connectivity index (χ3n) is 8.04. The fourth-order valence-corrected chi connectivity index (χ4v) is 6.06. The van der Waals surface area contributed by atoms with Gasteiger partial charge >= 0.3 is 0 Å². The Labute approximate surface area is 219 Å². The second kappa shape index (κ2) is 9.62. The molecule has 1 saturated heterocycles. The lowest BCUT2D eigenvalue weighted by atomic mass is 9.72. The normalized spacial score (nSPS) is 30.4. The molecule has 0 spiro atoms. The summed E-state index contributed by atoms with van der Waals surface area (Å²) in [7, 11) is 1.36. The summed E-state index contributed by atoms with van der Waals surface area (Å²) in [6.07, 6.45) is -3.05. The van der Waals surface area contributed by atoms with Crippen molar-refractivity contribution in [2.45, 2.75) is 69.7 Å². The summed E-state index contributed by atoms with van der Waals surface area (Å²) in [5, 5.41) is 54.1. The highest BCUT2D eigenvalue weighted by Gasteiger charge is 2.47. The number of ketones is 2. The summed E-state index contributed by atoms with van der Waals surface area (Å²) in [4.78, 5) is 27.2. The molecule has 2 aliphatic carbocycles. The van der Waals surface area contributed by atoms with Crippen molar-refractivity contribution in [2.24, 2.45) is 5.92 Å². The average molecular weight is 529 g/mol. The predicted octanol–water partition coefficient (Wildman–Crippen LogP) is 2.13. The lowest BCUT2D eigenvalue weighted by molar-refractivity contribution is -0.256. The first-order valence-corrected chi connectivity index (χ1v) is 12.7. The molecule has 6 unspecified atom stereocenters. The zero-order valence-electron chi connectivity index (χ0n) is 21.4. The van der Waals surface area contributed by atoms with Gasteiger partial charge in [0, 0.05) is 42.6 Å². The van der Waals surface area contributed by atoms with Crippen molar-refractivity contribution in [2.75, 3.05) is 13.7 Å². The first-order valence-electron chi connectivity index (χ1n) is 12.7. The second-order valence-corrected chi connectivity index (χ2v) is 10.6. The van der Waals surface area contributed by atoms with Crippen LogP contribution in [0.3, 0.4) is 0 Å². The lowest BCUT2D eigenvalue weighted by Gasteiger charge is -2.43. The third-order valence-corrected chi connectivity index (χ3v) is 8.04. The van der Waals surface area contributed by atoms with Crippen molar-refractivity contribution >= 4 is 11.6 Å². The number of fused-ring (bicyclic) bond motifs is 3. The van der Waals surface area contributed by atoms with Crippen LogP contribution in [-0.2, 0) is 15.9 Å². The number of aliphatic hydroxyl groups is 3. The first kappa shape index (κ1) is 26.6. The molecule has 1 aliphatic heterocycles. The zero-order valence-corrected chi connectivity index (χ0v) is 21.4. The molecule has 0 amide bonds. The van der Waals surface area contributed by atoms with E-state index in [9.17, 15) is 35.1 Å². The summed E-state index contributed by atoms with van der Waals surface area (Å²) in [6.45, 7) is 3.22. The van der Waals surface area contributed by atoms with Crippen molar-refractivity contribution in [3.63, 3.8) is 0 Å². The maximum atomic E-state index is 13.7. The van der Waals surface area contributed by atoms with Gasteiger partial charge in [0.25, 0.3) is 0 Å². The van der Waals surface area contributed by atoms with Crippen LogP contribution >= 0.6 is 0 Å². The molecule has 204 valence electrons. The van der Waals surface area contributed by atoms with E-state index in [1.165, 1.54) is 19.2 Å². The Bertz CT molecular complexity index is 1290. The van der Waals surface area contributed by atoms with Gasteiger partial charge in [0.2, 0.25) is 5.78 Å². The van der Waals surface area contributed by atoms with Gasteiger partial charge in [-0.3, -0.25) is 9.59 Å². The van der Waals surface area contributed by atoms with Gasteiger partial charge in [-0.25, -0.2) is 0 Å². The van der Waals surface area contributed by atoms with Crippen molar-refractivity contribution in [1.82, 2.24) is 0 Å². The van der Waals surface area contributed by atoms with Crippen LogP contribution < -0.4 is 4.74 Å². The maximum Gasteiger partial charge on any atom is 0.202 e. The number of carbonyl (C=O) groups excluding carboxylic acids is 2. The Morgan fingerprint density at radius 2 is 1.79 bits per heavy atom. The molecule has 0 bridgehead atoms. The van der Waals surface area contributed by atoms with Gasteiger partial charge < -0.3 is 39.7 Å². The number of hydrogen-bond acceptors (Lipinski definition) is 10. The van der Waals surface area contributed by atoms with Crippen LogP contribution in [0.15, 0.2) is 18.2 Å². The minimum atomic E-state index is -1.53. The Kier molecular flexibility index (Phi) is 6.73. The van der Waals surface area contributed by atoms with Gasteiger partial charge in [-0.1, -0.05) is 19.1 Å². The van der Waals surface area contributed by atoms with E-state index in [1.54, 1.807) is 13.0 Å².